The maximum absolute atomic E-state index is 13.2. The molecule has 7 heteroatoms. The molecule has 4 nitrogen and oxygen atoms in total. The lowest BCUT2D eigenvalue weighted by Gasteiger charge is -2.34. The van der Waals surface area contributed by atoms with Crippen LogP contribution in [0.4, 0.5) is 13.2 Å². The third-order valence-electron chi connectivity index (χ3n) is 4.87. The van der Waals surface area contributed by atoms with Crippen LogP contribution in [0.25, 0.3) is 0 Å². The highest BCUT2D eigenvalue weighted by atomic mass is 19.4. The molecule has 0 spiro atoms. The Balaban J connectivity index is 2.16. The Labute approximate surface area is 159 Å². The molecule has 1 aliphatic carbocycles. The van der Waals surface area contributed by atoms with Gasteiger partial charge < -0.3 is 11.5 Å². The first-order chi connectivity index (χ1) is 13.1. The summed E-state index contributed by atoms with van der Waals surface area (Å²) in [5.74, 6) is -1.22. The fraction of sp³-hybridized carbons (Fsp3) is 0.143. The van der Waals surface area contributed by atoms with Crippen LogP contribution in [0.1, 0.15) is 33.5 Å². The zero-order valence-electron chi connectivity index (χ0n) is 14.7. The van der Waals surface area contributed by atoms with Gasteiger partial charge in [-0.2, -0.15) is 13.2 Å². The van der Waals surface area contributed by atoms with E-state index in [-0.39, 0.29) is 17.6 Å². The minimum Gasteiger partial charge on any atom is -0.366 e. The smallest absolute Gasteiger partial charge is 0.366 e. The molecule has 0 heterocycles. The Morgan fingerprint density at radius 3 is 2.11 bits per heavy atom. The second-order valence-electron chi connectivity index (χ2n) is 6.55. The zero-order valence-corrected chi connectivity index (χ0v) is 14.7. The summed E-state index contributed by atoms with van der Waals surface area (Å²) in [7, 11) is 0. The highest BCUT2D eigenvalue weighted by molar-refractivity contribution is 5.95. The molecule has 0 radical (unpaired) electrons. The van der Waals surface area contributed by atoms with Crippen LogP contribution in [0.3, 0.4) is 0 Å². The number of rotatable bonds is 4. The van der Waals surface area contributed by atoms with Gasteiger partial charge in [-0.1, -0.05) is 48.6 Å². The van der Waals surface area contributed by atoms with E-state index in [2.05, 4.69) is 0 Å². The maximum Gasteiger partial charge on any atom is 0.416 e. The average Bonchev–Trinajstić information content (AvgIpc) is 2.67. The van der Waals surface area contributed by atoms with Gasteiger partial charge in [-0.3, -0.25) is 9.59 Å². The van der Waals surface area contributed by atoms with Crippen LogP contribution < -0.4 is 11.5 Å². The first-order valence-corrected chi connectivity index (χ1v) is 8.41. The third-order valence-corrected chi connectivity index (χ3v) is 4.87. The van der Waals surface area contributed by atoms with E-state index in [1.165, 1.54) is 24.3 Å². The number of allylic oxidation sites excluding steroid dienone is 2. The van der Waals surface area contributed by atoms with E-state index in [9.17, 15) is 22.8 Å². The lowest BCUT2D eigenvalue weighted by atomic mass is 9.69. The molecule has 0 saturated carbocycles. The summed E-state index contributed by atoms with van der Waals surface area (Å²) in [6.07, 6.45) is 0.527. The summed E-state index contributed by atoms with van der Waals surface area (Å²) in [5, 5.41) is 0. The topological polar surface area (TPSA) is 86.2 Å². The van der Waals surface area contributed by atoms with Crippen molar-refractivity contribution in [2.45, 2.75) is 18.0 Å². The number of halogens is 3. The molecule has 0 saturated heterocycles. The quantitative estimate of drug-likeness (QED) is 0.843. The number of carbonyl (C=O) groups is 2. The number of benzene rings is 2. The molecular formula is C21H17F3N2O2. The summed E-state index contributed by atoms with van der Waals surface area (Å²) in [6, 6.07) is 11.4. The Morgan fingerprint density at radius 2 is 1.61 bits per heavy atom. The molecule has 144 valence electrons. The number of alkyl halides is 3. The molecule has 0 fully saturated rings. The lowest BCUT2D eigenvalue weighted by molar-refractivity contribution is -0.137. The van der Waals surface area contributed by atoms with Gasteiger partial charge in [0.25, 0.3) is 0 Å². The normalized spacial score (nSPS) is 19.2. The predicted octanol–water partition coefficient (Wildman–Crippen LogP) is 3.46. The summed E-state index contributed by atoms with van der Waals surface area (Å²) in [6.45, 7) is 0. The molecule has 4 N–H and O–H groups in total. The number of hydrogen-bond donors (Lipinski definition) is 2. The first-order valence-electron chi connectivity index (χ1n) is 8.41. The van der Waals surface area contributed by atoms with Gasteiger partial charge in [-0.25, -0.2) is 0 Å². The van der Waals surface area contributed by atoms with Gasteiger partial charge >= 0.3 is 6.18 Å². The molecule has 2 amide bonds. The van der Waals surface area contributed by atoms with E-state index in [1.807, 2.05) is 0 Å². The van der Waals surface area contributed by atoms with Gasteiger partial charge in [0.1, 0.15) is 0 Å². The van der Waals surface area contributed by atoms with Crippen LogP contribution in [0.15, 0.2) is 72.3 Å². The SMILES string of the molecule is NC(=O)C1=CCC(c2ccc(C(N)=O)cc2)(c2cccc(C(F)(F)F)c2)C=C1. The van der Waals surface area contributed by atoms with Gasteiger partial charge in [0.15, 0.2) is 0 Å². The van der Waals surface area contributed by atoms with E-state index in [0.717, 1.165) is 12.1 Å². The van der Waals surface area contributed by atoms with Crippen molar-refractivity contribution in [1.82, 2.24) is 0 Å². The summed E-state index contributed by atoms with van der Waals surface area (Å²) in [4.78, 5) is 22.8. The second-order valence-corrected chi connectivity index (χ2v) is 6.55. The summed E-state index contributed by atoms with van der Waals surface area (Å²) >= 11 is 0. The van der Waals surface area contributed by atoms with E-state index in [0.29, 0.717) is 11.1 Å². The fourth-order valence-electron chi connectivity index (χ4n) is 3.32. The van der Waals surface area contributed by atoms with E-state index in [4.69, 9.17) is 11.5 Å². The molecule has 1 aliphatic rings. The number of amides is 2. The van der Waals surface area contributed by atoms with Crippen molar-refractivity contribution in [3.63, 3.8) is 0 Å². The molecule has 28 heavy (non-hydrogen) atoms. The Kier molecular flexibility index (Phi) is 4.85. The molecular weight excluding hydrogens is 369 g/mol. The van der Waals surface area contributed by atoms with E-state index >= 15 is 0 Å². The average molecular weight is 386 g/mol. The summed E-state index contributed by atoms with van der Waals surface area (Å²) < 4.78 is 39.7. The fourth-order valence-corrected chi connectivity index (χ4v) is 3.32. The Hall–Kier alpha value is -3.35. The third kappa shape index (κ3) is 3.55. The first kappa shape index (κ1) is 19.4. The molecule has 1 atom stereocenters. The van der Waals surface area contributed by atoms with Crippen molar-refractivity contribution < 1.29 is 22.8 Å². The van der Waals surface area contributed by atoms with Gasteiger partial charge in [0.05, 0.1) is 5.56 Å². The number of nitrogens with two attached hydrogens (primary N) is 2. The lowest BCUT2D eigenvalue weighted by Crippen LogP contribution is -2.29. The molecule has 3 rings (SSSR count). The summed E-state index contributed by atoms with van der Waals surface area (Å²) in [5.41, 5.74) is 10.5. The Morgan fingerprint density at radius 1 is 0.929 bits per heavy atom. The van der Waals surface area contributed by atoms with E-state index in [1.54, 1.807) is 30.4 Å². The molecule has 2 aromatic carbocycles. The van der Waals surface area contributed by atoms with Crippen molar-refractivity contribution >= 4 is 11.8 Å². The van der Waals surface area contributed by atoms with Gasteiger partial charge in [-0.05, 0) is 35.7 Å². The van der Waals surface area contributed by atoms with Gasteiger partial charge in [0.2, 0.25) is 11.8 Å². The van der Waals surface area contributed by atoms with Crippen molar-refractivity contribution in [2.24, 2.45) is 11.5 Å². The van der Waals surface area contributed by atoms with Crippen molar-refractivity contribution in [3.05, 3.63) is 94.6 Å². The monoisotopic (exact) mass is 386 g/mol. The minimum atomic E-state index is -4.49. The predicted molar refractivity (Wildman–Crippen MR) is 98.2 cm³/mol. The largest absolute Gasteiger partial charge is 0.416 e. The van der Waals surface area contributed by atoms with Crippen LogP contribution >= 0.6 is 0 Å². The number of hydrogen-bond acceptors (Lipinski definition) is 2. The molecule has 1 unspecified atom stereocenters. The van der Waals surface area contributed by atoms with E-state index < -0.39 is 29.0 Å². The van der Waals surface area contributed by atoms with Crippen LogP contribution in [-0.4, -0.2) is 11.8 Å². The Bertz CT molecular complexity index is 991. The van der Waals surface area contributed by atoms with Crippen molar-refractivity contribution in [2.75, 3.05) is 0 Å². The molecule has 0 aromatic heterocycles. The standard InChI is InChI=1S/C21H17F3N2O2/c22-21(23,24)17-3-1-2-16(12-17)20(10-8-14(9-11-20)19(26)28)15-6-4-13(5-7-15)18(25)27/h1-10,12H,11H2,(H2,25,27)(H2,26,28). The van der Waals surface area contributed by atoms with Crippen LogP contribution in [0.5, 0.6) is 0 Å². The van der Waals surface area contributed by atoms with Crippen LogP contribution in [-0.2, 0) is 16.4 Å². The second kappa shape index (κ2) is 6.99. The molecule has 0 bridgehead atoms. The minimum absolute atomic E-state index is 0.235. The highest BCUT2D eigenvalue weighted by Gasteiger charge is 2.36. The van der Waals surface area contributed by atoms with Crippen LogP contribution in [0.2, 0.25) is 0 Å². The zero-order chi connectivity index (χ0) is 20.5. The number of carbonyl (C=O) groups excluding carboxylic acids is 2. The van der Waals surface area contributed by atoms with Crippen molar-refractivity contribution in [1.29, 1.82) is 0 Å². The maximum atomic E-state index is 13.2. The molecule has 2 aromatic rings. The highest BCUT2D eigenvalue weighted by Crippen LogP contribution is 2.42. The van der Waals surface area contributed by atoms with Crippen LogP contribution in [0, 0.1) is 0 Å². The van der Waals surface area contributed by atoms with Gasteiger partial charge in [0, 0.05) is 16.6 Å². The number of primary amides is 2. The van der Waals surface area contributed by atoms with Gasteiger partial charge in [-0.15, -0.1) is 0 Å². The molecule has 0 aliphatic heterocycles. The van der Waals surface area contributed by atoms with Crippen molar-refractivity contribution in [3.8, 4) is 0 Å².